The average Bonchev–Trinajstić information content (AvgIpc) is 3.35. The maximum absolute atomic E-state index is 14.5. The summed E-state index contributed by atoms with van der Waals surface area (Å²) in [7, 11) is 0. The van der Waals surface area contributed by atoms with Gasteiger partial charge in [-0.15, -0.1) is 0 Å². The molecule has 2 aromatic carbocycles. The first-order valence-corrected chi connectivity index (χ1v) is 15.7. The molecule has 3 amide bonds. The van der Waals surface area contributed by atoms with Crippen molar-refractivity contribution >= 4 is 40.2 Å². The second kappa shape index (κ2) is 14.1. The van der Waals surface area contributed by atoms with Gasteiger partial charge in [0.2, 0.25) is 17.7 Å². The highest BCUT2D eigenvalue weighted by molar-refractivity contribution is 6.35. The Balaban J connectivity index is 1.66. The molecule has 1 aliphatic carbocycles. The predicted molar refractivity (Wildman–Crippen MR) is 168 cm³/mol. The Morgan fingerprint density at radius 1 is 1.02 bits per heavy atom. The number of carbonyl (C=O) groups excluding carboxylic acids is 3. The molecule has 0 fully saturated rings. The number of aromatic amines is 1. The Bertz CT molecular complexity index is 1510. The largest absolute Gasteiger partial charge is 0.368 e. The number of nitrogens with one attached hydrogen (secondary N) is 4. The van der Waals surface area contributed by atoms with Gasteiger partial charge in [0.05, 0.1) is 16.6 Å². The summed E-state index contributed by atoms with van der Waals surface area (Å²) in [5.74, 6) is -2.68. The molecule has 0 spiro atoms. The summed E-state index contributed by atoms with van der Waals surface area (Å²) < 4.78 is 27.8. The van der Waals surface area contributed by atoms with Crippen LogP contribution >= 0.6 is 11.6 Å². The zero-order valence-corrected chi connectivity index (χ0v) is 26.4. The molecular formula is C33H42ClF2N5O3. The van der Waals surface area contributed by atoms with Crippen molar-refractivity contribution in [2.24, 2.45) is 17.6 Å². The molecule has 1 aromatic heterocycles. The van der Waals surface area contributed by atoms with Crippen molar-refractivity contribution in [1.29, 1.82) is 0 Å². The van der Waals surface area contributed by atoms with Crippen LogP contribution < -0.4 is 21.7 Å². The lowest BCUT2D eigenvalue weighted by atomic mass is 9.78. The summed E-state index contributed by atoms with van der Waals surface area (Å²) in [6.45, 7) is 8.12. The number of amides is 3. The summed E-state index contributed by atoms with van der Waals surface area (Å²) in [6, 6.07) is 7.24. The lowest BCUT2D eigenvalue weighted by molar-refractivity contribution is -0.137. The smallest absolute Gasteiger partial charge is 0.246 e. The van der Waals surface area contributed by atoms with Crippen molar-refractivity contribution in [2.75, 3.05) is 6.54 Å². The summed E-state index contributed by atoms with van der Waals surface area (Å²) in [6.07, 6.45) is 2.56. The molecule has 8 nitrogen and oxygen atoms in total. The van der Waals surface area contributed by atoms with E-state index in [1.54, 1.807) is 12.1 Å². The average molecular weight is 630 g/mol. The van der Waals surface area contributed by atoms with Crippen LogP contribution in [0.1, 0.15) is 63.8 Å². The zero-order chi connectivity index (χ0) is 32.2. The second-order valence-corrected chi connectivity index (χ2v) is 12.5. The van der Waals surface area contributed by atoms with Gasteiger partial charge in [-0.1, -0.05) is 64.3 Å². The highest BCUT2D eigenvalue weighted by Crippen LogP contribution is 2.37. The predicted octanol–water partition coefficient (Wildman–Crippen LogP) is 4.71. The minimum Gasteiger partial charge on any atom is -0.368 e. The van der Waals surface area contributed by atoms with Crippen molar-refractivity contribution in [3.05, 3.63) is 69.9 Å². The number of rotatable bonds is 13. The molecule has 0 radical (unpaired) electrons. The van der Waals surface area contributed by atoms with Gasteiger partial charge in [-0.3, -0.25) is 14.4 Å². The molecule has 6 N–H and O–H groups in total. The van der Waals surface area contributed by atoms with Gasteiger partial charge in [0.25, 0.3) is 0 Å². The Morgan fingerprint density at radius 3 is 2.32 bits per heavy atom. The molecular weight excluding hydrogens is 588 g/mol. The van der Waals surface area contributed by atoms with Crippen molar-refractivity contribution in [3.63, 3.8) is 0 Å². The molecule has 4 rings (SSSR count). The number of carbonyl (C=O) groups is 3. The van der Waals surface area contributed by atoms with Crippen molar-refractivity contribution in [1.82, 2.24) is 20.9 Å². The van der Waals surface area contributed by atoms with E-state index in [1.807, 2.05) is 27.7 Å². The molecule has 238 valence electrons. The number of fused-ring (bicyclic) bond motifs is 3. The standard InChI is InChI=1S/C33H42ClF2N5O3/c1-5-18(3)27(30(37)42)40-32(44)33(13-11-26-24(17-33)23-15-22(36)16-25(34)29(23)39-26)41-31(43)28(19(4)6-2)38-14-12-20-7-9-21(35)10-8-20/h7-10,15-16,18-19,27-28,38-39H,5-6,11-14,17H2,1-4H3,(H2,37,42)(H,40,44)(H,41,43)/t18?,19?,27-,28-,33+/m0/s1. The van der Waals surface area contributed by atoms with Gasteiger partial charge in [0, 0.05) is 17.5 Å². The molecule has 1 aliphatic rings. The fraction of sp³-hybridized carbons (Fsp3) is 0.485. The number of aromatic nitrogens is 1. The van der Waals surface area contributed by atoms with E-state index in [0.717, 1.165) is 11.3 Å². The molecule has 44 heavy (non-hydrogen) atoms. The quantitative estimate of drug-likeness (QED) is 0.188. The fourth-order valence-corrected chi connectivity index (χ4v) is 6.22. The molecule has 11 heteroatoms. The maximum atomic E-state index is 14.5. The van der Waals surface area contributed by atoms with E-state index in [0.29, 0.717) is 48.7 Å². The number of aryl methyl sites for hydroxylation is 1. The van der Waals surface area contributed by atoms with Crippen molar-refractivity contribution < 1.29 is 23.2 Å². The van der Waals surface area contributed by atoms with Gasteiger partial charge in [0.15, 0.2) is 0 Å². The Labute approximate surface area is 261 Å². The van der Waals surface area contributed by atoms with Crippen LogP contribution in [0.15, 0.2) is 36.4 Å². The number of hydrogen-bond acceptors (Lipinski definition) is 4. The van der Waals surface area contributed by atoms with Crippen LogP contribution in [0, 0.1) is 23.5 Å². The third-order valence-electron chi connectivity index (χ3n) is 9.09. The molecule has 0 aliphatic heterocycles. The Kier molecular flexibility index (Phi) is 10.7. The zero-order valence-electron chi connectivity index (χ0n) is 25.7. The summed E-state index contributed by atoms with van der Waals surface area (Å²) in [5.41, 5.74) is 7.23. The Morgan fingerprint density at radius 2 is 1.68 bits per heavy atom. The monoisotopic (exact) mass is 629 g/mol. The number of nitrogens with two attached hydrogens (primary N) is 1. The second-order valence-electron chi connectivity index (χ2n) is 12.1. The van der Waals surface area contributed by atoms with Crippen LogP contribution in [0.3, 0.4) is 0 Å². The summed E-state index contributed by atoms with van der Waals surface area (Å²) in [4.78, 5) is 43.9. The first-order valence-electron chi connectivity index (χ1n) is 15.3. The topological polar surface area (TPSA) is 129 Å². The number of halogens is 3. The van der Waals surface area contributed by atoms with E-state index in [-0.39, 0.29) is 41.4 Å². The SMILES string of the molecule is CCC(C)[C@H](NC(=O)[C@@]1(NC(=O)[C@@H](NCCc2ccc(F)cc2)C(C)CC)CCc2[nH]c3c(Cl)cc(F)cc3c2C1)C(N)=O. The summed E-state index contributed by atoms with van der Waals surface area (Å²) >= 11 is 6.35. The third kappa shape index (κ3) is 7.24. The third-order valence-corrected chi connectivity index (χ3v) is 9.39. The van der Waals surface area contributed by atoms with Crippen LogP contribution in [0.4, 0.5) is 8.78 Å². The van der Waals surface area contributed by atoms with Crippen LogP contribution in [0.2, 0.25) is 5.02 Å². The van der Waals surface area contributed by atoms with Gasteiger partial charge >= 0.3 is 0 Å². The van der Waals surface area contributed by atoms with Crippen LogP contribution in [0.25, 0.3) is 10.9 Å². The molecule has 0 saturated carbocycles. The minimum absolute atomic E-state index is 0.0640. The number of hydrogen-bond donors (Lipinski definition) is 5. The minimum atomic E-state index is -1.44. The molecule has 1 heterocycles. The molecule has 3 aromatic rings. The van der Waals surface area contributed by atoms with Crippen molar-refractivity contribution in [3.8, 4) is 0 Å². The first-order chi connectivity index (χ1) is 20.9. The summed E-state index contributed by atoms with van der Waals surface area (Å²) in [5, 5.41) is 10.0. The number of benzene rings is 2. The van der Waals surface area contributed by atoms with E-state index >= 15 is 0 Å². The van der Waals surface area contributed by atoms with Gasteiger partial charge in [-0.25, -0.2) is 8.78 Å². The molecule has 0 saturated heterocycles. The normalized spacial score (nSPS) is 19.1. The van der Waals surface area contributed by atoms with Gasteiger partial charge in [0.1, 0.15) is 23.2 Å². The first kappa shape index (κ1) is 33.4. The van der Waals surface area contributed by atoms with Crippen molar-refractivity contribution in [2.45, 2.75) is 83.8 Å². The van der Waals surface area contributed by atoms with E-state index in [4.69, 9.17) is 17.3 Å². The van der Waals surface area contributed by atoms with E-state index in [9.17, 15) is 23.2 Å². The highest BCUT2D eigenvalue weighted by Gasteiger charge is 2.46. The Hall–Kier alpha value is -3.50. The van der Waals surface area contributed by atoms with Crippen LogP contribution in [0.5, 0.6) is 0 Å². The molecule has 0 bridgehead atoms. The number of primary amides is 1. The van der Waals surface area contributed by atoms with Gasteiger partial charge in [-0.2, -0.15) is 0 Å². The van der Waals surface area contributed by atoms with E-state index in [2.05, 4.69) is 20.9 Å². The lowest BCUT2D eigenvalue weighted by Gasteiger charge is -2.39. The highest BCUT2D eigenvalue weighted by atomic mass is 35.5. The van der Waals surface area contributed by atoms with Crippen LogP contribution in [-0.4, -0.2) is 46.9 Å². The van der Waals surface area contributed by atoms with Gasteiger partial charge < -0.3 is 26.7 Å². The van der Waals surface area contributed by atoms with E-state index in [1.165, 1.54) is 24.3 Å². The lowest BCUT2D eigenvalue weighted by Crippen LogP contribution is -2.67. The van der Waals surface area contributed by atoms with Gasteiger partial charge in [-0.05, 0) is 73.0 Å². The molecule has 5 atom stereocenters. The van der Waals surface area contributed by atoms with E-state index < -0.39 is 35.3 Å². The maximum Gasteiger partial charge on any atom is 0.246 e. The number of H-pyrrole nitrogens is 1. The molecule has 2 unspecified atom stereocenters. The fourth-order valence-electron chi connectivity index (χ4n) is 5.96. The van der Waals surface area contributed by atoms with Crippen LogP contribution in [-0.2, 0) is 33.6 Å².